The van der Waals surface area contributed by atoms with E-state index >= 15 is 0 Å². The molecule has 7 heteroatoms. The molecule has 0 bridgehead atoms. The van der Waals surface area contributed by atoms with Gasteiger partial charge in [-0.05, 0) is 12.3 Å². The van der Waals surface area contributed by atoms with E-state index in [-0.39, 0.29) is 6.54 Å². The molecule has 0 aromatic carbocycles. The fourth-order valence-electron chi connectivity index (χ4n) is 1.01. The van der Waals surface area contributed by atoms with Gasteiger partial charge in [0.05, 0.1) is 11.1 Å². The minimum absolute atomic E-state index is 0.337. The first-order valence-electron chi connectivity index (χ1n) is 3.55. The van der Waals surface area contributed by atoms with E-state index in [1.807, 2.05) is 5.18 Å². The molecule has 1 aliphatic heterocycles. The van der Waals surface area contributed by atoms with Gasteiger partial charge in [-0.15, -0.1) is 4.91 Å². The van der Waals surface area contributed by atoms with Crippen molar-refractivity contribution in [2.75, 3.05) is 6.54 Å². The zero-order chi connectivity index (χ0) is 10.8. The van der Waals surface area contributed by atoms with Crippen LogP contribution in [0.2, 0.25) is 0 Å². The van der Waals surface area contributed by atoms with Gasteiger partial charge in [0.25, 0.3) is 0 Å². The van der Waals surface area contributed by atoms with Crippen LogP contribution in [0.25, 0.3) is 0 Å². The largest absolute Gasteiger partial charge is 0.416 e. The first-order valence-corrected chi connectivity index (χ1v) is 3.55. The number of hydrogen-bond acceptors (Lipinski definition) is 3. The van der Waals surface area contributed by atoms with Crippen LogP contribution in [0.4, 0.5) is 13.2 Å². The highest BCUT2D eigenvalue weighted by atomic mass is 19.4. The minimum atomic E-state index is -4.64. The molecule has 1 heterocycles. The summed E-state index contributed by atoms with van der Waals surface area (Å²) in [6, 6.07) is 0. The number of hydrogen-bond donors (Lipinski definition) is 1. The molecule has 0 aromatic rings. The van der Waals surface area contributed by atoms with Gasteiger partial charge in [0.15, 0.2) is 0 Å². The van der Waals surface area contributed by atoms with Crippen LogP contribution in [0.3, 0.4) is 0 Å². The first-order chi connectivity index (χ1) is 6.46. The predicted octanol–water partition coefficient (Wildman–Crippen LogP) is 1.26. The highest BCUT2D eigenvalue weighted by Gasteiger charge is 2.37. The van der Waals surface area contributed by atoms with Gasteiger partial charge in [-0.1, -0.05) is 0 Å². The Morgan fingerprint density at radius 2 is 2.14 bits per heavy atom. The second-order valence-electron chi connectivity index (χ2n) is 2.50. The Balaban J connectivity index is 3.17. The summed E-state index contributed by atoms with van der Waals surface area (Å²) in [6.07, 6.45) is -2.89. The third-order valence-corrected chi connectivity index (χ3v) is 1.62. The Hall–Kier alpha value is -1.66. The molecule has 0 saturated heterocycles. The van der Waals surface area contributed by atoms with Gasteiger partial charge < -0.3 is 5.32 Å². The lowest BCUT2D eigenvalue weighted by atomic mass is 10.1. The lowest BCUT2D eigenvalue weighted by molar-refractivity contribution is -0.116. The molecule has 0 atom stereocenters. The monoisotopic (exact) mass is 206 g/mol. The molecule has 4 nitrogen and oxygen atoms in total. The van der Waals surface area contributed by atoms with Crippen molar-refractivity contribution < 1.29 is 18.0 Å². The Morgan fingerprint density at radius 1 is 1.50 bits per heavy atom. The molecule has 14 heavy (non-hydrogen) atoms. The van der Waals surface area contributed by atoms with Gasteiger partial charge in [0.2, 0.25) is 0 Å². The third-order valence-electron chi connectivity index (χ3n) is 1.62. The van der Waals surface area contributed by atoms with E-state index in [9.17, 15) is 22.9 Å². The normalized spacial score (nSPS) is 16.5. The van der Waals surface area contributed by atoms with Crippen molar-refractivity contribution in [3.05, 3.63) is 28.3 Å². The molecule has 0 saturated carbocycles. The van der Waals surface area contributed by atoms with Gasteiger partial charge in [0.1, 0.15) is 0 Å². The number of rotatable bonds is 1. The fraction of sp³-hybridized carbons (Fsp3) is 0.286. The lowest BCUT2D eigenvalue weighted by Gasteiger charge is -2.16. The van der Waals surface area contributed by atoms with E-state index in [0.717, 1.165) is 6.20 Å². The van der Waals surface area contributed by atoms with Gasteiger partial charge in [-0.3, -0.25) is 4.79 Å². The summed E-state index contributed by atoms with van der Waals surface area (Å²) < 4.78 is 36.8. The zero-order valence-electron chi connectivity index (χ0n) is 6.76. The second kappa shape index (κ2) is 3.60. The SMILES string of the molecule is O=NC(=O)C1=C(C(F)(F)F)C=CNC1. The number of nitrogens with one attached hydrogen (secondary N) is 1. The number of alkyl halides is 3. The van der Waals surface area contributed by atoms with Crippen LogP contribution in [0.15, 0.2) is 28.6 Å². The highest BCUT2D eigenvalue weighted by Crippen LogP contribution is 2.30. The van der Waals surface area contributed by atoms with Crippen LogP contribution in [0.1, 0.15) is 0 Å². The molecule has 76 valence electrons. The summed E-state index contributed by atoms with van der Waals surface area (Å²) in [4.78, 5) is 20.5. The van der Waals surface area contributed by atoms with Gasteiger partial charge in [0, 0.05) is 11.7 Å². The number of nitroso groups, excluding NO2 is 1. The van der Waals surface area contributed by atoms with Crippen molar-refractivity contribution >= 4 is 5.91 Å². The number of amides is 1. The van der Waals surface area contributed by atoms with Crippen molar-refractivity contribution in [3.63, 3.8) is 0 Å². The molecule has 0 aliphatic carbocycles. The molecule has 0 spiro atoms. The Kier molecular flexibility index (Phi) is 2.68. The molecule has 1 N–H and O–H groups in total. The van der Waals surface area contributed by atoms with Crippen LogP contribution in [0, 0.1) is 4.91 Å². The standard InChI is InChI=1S/C7H5F3N2O2/c8-7(9,10)5-1-2-11-3-4(5)6(13)12-14/h1-2,11H,3H2. The first kappa shape index (κ1) is 10.4. The zero-order valence-corrected chi connectivity index (χ0v) is 6.76. The fourth-order valence-corrected chi connectivity index (χ4v) is 1.01. The molecule has 0 aromatic heterocycles. The van der Waals surface area contributed by atoms with Crippen molar-refractivity contribution in [3.8, 4) is 0 Å². The van der Waals surface area contributed by atoms with Crippen molar-refractivity contribution in [2.45, 2.75) is 6.18 Å². The molecule has 1 rings (SSSR count). The Morgan fingerprint density at radius 3 is 2.64 bits per heavy atom. The maximum atomic E-state index is 12.3. The predicted molar refractivity (Wildman–Crippen MR) is 41.0 cm³/mol. The summed E-state index contributed by atoms with van der Waals surface area (Å²) in [5.41, 5.74) is -1.78. The molecule has 0 radical (unpaired) electrons. The summed E-state index contributed by atoms with van der Waals surface area (Å²) in [6.45, 7) is -0.337. The number of halogens is 3. The van der Waals surface area contributed by atoms with Crippen LogP contribution < -0.4 is 5.32 Å². The highest BCUT2D eigenvalue weighted by molar-refractivity contribution is 5.96. The van der Waals surface area contributed by atoms with E-state index in [4.69, 9.17) is 0 Å². The topological polar surface area (TPSA) is 58.5 Å². The van der Waals surface area contributed by atoms with Gasteiger partial charge in [-0.2, -0.15) is 13.2 Å². The molecule has 1 amide bonds. The smallest absolute Gasteiger partial charge is 0.387 e. The van der Waals surface area contributed by atoms with Gasteiger partial charge in [-0.25, -0.2) is 0 Å². The summed E-state index contributed by atoms with van der Waals surface area (Å²) in [7, 11) is 0. The van der Waals surface area contributed by atoms with Gasteiger partial charge >= 0.3 is 12.1 Å². The maximum Gasteiger partial charge on any atom is 0.416 e. The molecular formula is C7H5F3N2O2. The maximum absolute atomic E-state index is 12.3. The van der Waals surface area contributed by atoms with Crippen LogP contribution in [-0.4, -0.2) is 18.6 Å². The van der Waals surface area contributed by atoms with E-state index < -0.39 is 23.2 Å². The number of allylic oxidation sites excluding steroid dienone is 2. The molecule has 0 unspecified atom stereocenters. The van der Waals surface area contributed by atoms with E-state index in [1.165, 1.54) is 0 Å². The van der Waals surface area contributed by atoms with E-state index in [1.54, 1.807) is 0 Å². The van der Waals surface area contributed by atoms with Crippen molar-refractivity contribution in [1.82, 2.24) is 5.32 Å². The van der Waals surface area contributed by atoms with Crippen molar-refractivity contribution in [1.29, 1.82) is 0 Å². The number of dihydropyridines is 1. The minimum Gasteiger partial charge on any atom is -0.387 e. The second-order valence-corrected chi connectivity index (χ2v) is 2.50. The quantitative estimate of drug-likeness (QED) is 0.657. The van der Waals surface area contributed by atoms with E-state index in [0.29, 0.717) is 6.08 Å². The molecule has 0 fully saturated rings. The molecule has 1 aliphatic rings. The summed E-state index contributed by atoms with van der Waals surface area (Å²) in [5, 5.41) is 4.35. The van der Waals surface area contributed by atoms with E-state index in [2.05, 4.69) is 5.32 Å². The Labute approximate surface area is 76.4 Å². The number of carbonyl (C=O) groups excluding carboxylic acids is 1. The van der Waals surface area contributed by atoms with Crippen LogP contribution in [-0.2, 0) is 4.79 Å². The average molecular weight is 206 g/mol. The number of carbonyl (C=O) groups is 1. The van der Waals surface area contributed by atoms with Crippen LogP contribution >= 0.6 is 0 Å². The van der Waals surface area contributed by atoms with Crippen LogP contribution in [0.5, 0.6) is 0 Å². The molecular weight excluding hydrogens is 201 g/mol. The third kappa shape index (κ3) is 1.98. The van der Waals surface area contributed by atoms with Crippen molar-refractivity contribution in [2.24, 2.45) is 5.18 Å². The summed E-state index contributed by atoms with van der Waals surface area (Å²) >= 11 is 0. The number of nitrogens with zero attached hydrogens (tertiary/aromatic N) is 1. The Bertz CT molecular complexity index is 330. The lowest BCUT2D eigenvalue weighted by Crippen LogP contribution is -2.26. The average Bonchev–Trinajstić information content (AvgIpc) is 2.15. The summed E-state index contributed by atoms with van der Waals surface area (Å²) in [5.74, 6) is -1.39.